The molecule has 24 heavy (non-hydrogen) atoms. The molecule has 2 rings (SSSR count). The summed E-state index contributed by atoms with van der Waals surface area (Å²) in [7, 11) is 1.08. The van der Waals surface area contributed by atoms with Gasteiger partial charge in [0.2, 0.25) is 10.0 Å². The summed E-state index contributed by atoms with van der Waals surface area (Å²) in [4.78, 5) is 8.55. The molecule has 0 unspecified atom stereocenters. The fraction of sp³-hybridized carbons (Fsp3) is 0.333. The van der Waals surface area contributed by atoms with Crippen LogP contribution in [0.5, 0.6) is 17.2 Å². The van der Waals surface area contributed by atoms with Gasteiger partial charge in [-0.2, -0.15) is 0 Å². The Morgan fingerprint density at radius 1 is 1.00 bits per heavy atom. The van der Waals surface area contributed by atoms with Crippen molar-refractivity contribution in [2.75, 3.05) is 27.1 Å². The first-order chi connectivity index (χ1) is 11.4. The number of ether oxygens (including phenoxy) is 3. The highest BCUT2D eigenvalue weighted by Crippen LogP contribution is 2.40. The van der Waals surface area contributed by atoms with E-state index < -0.39 is 10.0 Å². The number of sulfonamides is 1. The van der Waals surface area contributed by atoms with Gasteiger partial charge in [0.25, 0.3) is 0 Å². The molecule has 0 amide bonds. The number of primary sulfonamides is 1. The molecular formula is C15H19N3O5S. The molecule has 8 nitrogen and oxygen atoms in total. The second-order valence-electron chi connectivity index (χ2n) is 4.94. The van der Waals surface area contributed by atoms with Gasteiger partial charge in [-0.05, 0) is 12.0 Å². The second-order valence-corrected chi connectivity index (χ2v) is 6.67. The lowest BCUT2D eigenvalue weighted by Crippen LogP contribution is -2.18. The number of hydrogen-bond acceptors (Lipinski definition) is 7. The fourth-order valence-electron chi connectivity index (χ4n) is 2.10. The first-order valence-electron chi connectivity index (χ1n) is 6.99. The third-order valence-corrected chi connectivity index (χ3v) is 4.09. The standard InChI is InChI=1S/C15H19N3O5S/c1-21-11-6-12(22-2)14(13(7-11)23-3)15-17-8-10(9-18-15)4-5-24(16,19)20/h6-9H,4-5H2,1-3H3,(H2,16,19,20). The molecule has 0 saturated heterocycles. The highest BCUT2D eigenvalue weighted by Gasteiger charge is 2.17. The molecule has 1 heterocycles. The molecule has 0 radical (unpaired) electrons. The molecule has 0 bridgehead atoms. The molecule has 130 valence electrons. The number of nitrogens with zero attached hydrogens (tertiary/aromatic N) is 2. The summed E-state index contributed by atoms with van der Waals surface area (Å²) in [5.74, 6) is 1.82. The Balaban J connectivity index is 2.37. The van der Waals surface area contributed by atoms with E-state index in [0.29, 0.717) is 34.2 Å². The van der Waals surface area contributed by atoms with E-state index in [9.17, 15) is 8.42 Å². The van der Waals surface area contributed by atoms with E-state index >= 15 is 0 Å². The zero-order valence-corrected chi connectivity index (χ0v) is 14.5. The SMILES string of the molecule is COc1cc(OC)c(-c2ncc(CCS(N)(=O)=O)cn2)c(OC)c1. The Hall–Kier alpha value is -2.39. The summed E-state index contributed by atoms with van der Waals surface area (Å²) in [5.41, 5.74) is 1.25. The third kappa shape index (κ3) is 4.33. The molecule has 1 aromatic heterocycles. The monoisotopic (exact) mass is 353 g/mol. The number of benzene rings is 1. The molecular weight excluding hydrogens is 334 g/mol. The first kappa shape index (κ1) is 18.0. The Morgan fingerprint density at radius 3 is 1.96 bits per heavy atom. The van der Waals surface area contributed by atoms with Crippen LogP contribution in [0, 0.1) is 0 Å². The quantitative estimate of drug-likeness (QED) is 0.790. The number of rotatable bonds is 7. The molecule has 0 aliphatic heterocycles. The van der Waals surface area contributed by atoms with E-state index in [1.54, 1.807) is 31.6 Å². The molecule has 0 aliphatic carbocycles. The molecule has 0 fully saturated rings. The number of aromatic nitrogens is 2. The average molecular weight is 353 g/mol. The zero-order valence-electron chi connectivity index (χ0n) is 13.6. The van der Waals surface area contributed by atoms with E-state index in [4.69, 9.17) is 19.3 Å². The van der Waals surface area contributed by atoms with Crippen molar-refractivity contribution in [3.05, 3.63) is 30.1 Å². The van der Waals surface area contributed by atoms with Gasteiger partial charge >= 0.3 is 0 Å². The predicted molar refractivity (Wildman–Crippen MR) is 88.8 cm³/mol. The van der Waals surface area contributed by atoms with Gasteiger partial charge in [-0.25, -0.2) is 23.5 Å². The Morgan fingerprint density at radius 2 is 1.54 bits per heavy atom. The van der Waals surface area contributed by atoms with Crippen LogP contribution in [0.1, 0.15) is 5.56 Å². The van der Waals surface area contributed by atoms with Crippen molar-refractivity contribution < 1.29 is 22.6 Å². The number of hydrogen-bond donors (Lipinski definition) is 1. The van der Waals surface area contributed by atoms with Gasteiger partial charge in [-0.3, -0.25) is 0 Å². The van der Waals surface area contributed by atoms with Crippen LogP contribution in [0.3, 0.4) is 0 Å². The molecule has 0 spiro atoms. The summed E-state index contributed by atoms with van der Waals surface area (Å²) in [6.07, 6.45) is 3.35. The van der Waals surface area contributed by atoms with Gasteiger partial charge in [0, 0.05) is 24.5 Å². The fourth-order valence-corrected chi connectivity index (χ4v) is 2.62. The number of nitrogens with two attached hydrogens (primary N) is 1. The van der Waals surface area contributed by atoms with Crippen molar-refractivity contribution in [1.29, 1.82) is 0 Å². The smallest absolute Gasteiger partial charge is 0.209 e. The molecule has 0 atom stereocenters. The van der Waals surface area contributed by atoms with Gasteiger partial charge in [0.05, 0.1) is 27.1 Å². The van der Waals surface area contributed by atoms with E-state index in [1.165, 1.54) is 14.2 Å². The lowest BCUT2D eigenvalue weighted by Gasteiger charge is -2.14. The van der Waals surface area contributed by atoms with E-state index in [0.717, 1.165) is 0 Å². The van der Waals surface area contributed by atoms with Crippen molar-refractivity contribution in [3.63, 3.8) is 0 Å². The van der Waals surface area contributed by atoms with Crippen LogP contribution >= 0.6 is 0 Å². The third-order valence-electron chi connectivity index (χ3n) is 3.32. The summed E-state index contributed by atoms with van der Waals surface area (Å²) >= 11 is 0. The van der Waals surface area contributed by atoms with Gasteiger partial charge < -0.3 is 14.2 Å². The topological polar surface area (TPSA) is 114 Å². The normalized spacial score (nSPS) is 11.2. The van der Waals surface area contributed by atoms with Crippen molar-refractivity contribution >= 4 is 10.0 Å². The lowest BCUT2D eigenvalue weighted by molar-refractivity contribution is 0.377. The summed E-state index contributed by atoms with van der Waals surface area (Å²) in [5, 5.41) is 4.99. The van der Waals surface area contributed by atoms with Crippen molar-refractivity contribution in [2.45, 2.75) is 6.42 Å². The minimum atomic E-state index is -3.52. The minimum absolute atomic E-state index is 0.162. The average Bonchev–Trinajstić information content (AvgIpc) is 2.58. The van der Waals surface area contributed by atoms with Crippen molar-refractivity contribution in [3.8, 4) is 28.6 Å². The highest BCUT2D eigenvalue weighted by atomic mass is 32.2. The molecule has 2 aromatic rings. The second kappa shape index (κ2) is 7.45. The van der Waals surface area contributed by atoms with Crippen molar-refractivity contribution in [2.24, 2.45) is 5.14 Å². The predicted octanol–water partition coefficient (Wildman–Crippen LogP) is 1.00. The summed E-state index contributed by atoms with van der Waals surface area (Å²) < 4.78 is 38.0. The Labute approximate surface area is 140 Å². The first-order valence-corrected chi connectivity index (χ1v) is 8.71. The molecule has 9 heteroatoms. The van der Waals surface area contributed by atoms with E-state index in [1.807, 2.05) is 0 Å². The van der Waals surface area contributed by atoms with Crippen LogP contribution in [0.2, 0.25) is 0 Å². The maximum Gasteiger partial charge on any atom is 0.209 e. The maximum absolute atomic E-state index is 11.0. The highest BCUT2D eigenvalue weighted by molar-refractivity contribution is 7.89. The summed E-state index contributed by atoms with van der Waals surface area (Å²) in [6, 6.07) is 3.41. The van der Waals surface area contributed by atoms with Gasteiger partial charge in [-0.1, -0.05) is 0 Å². The van der Waals surface area contributed by atoms with Crippen LogP contribution < -0.4 is 19.3 Å². The molecule has 2 N–H and O–H groups in total. The lowest BCUT2D eigenvalue weighted by atomic mass is 10.1. The number of aryl methyl sites for hydroxylation is 1. The largest absolute Gasteiger partial charge is 0.496 e. The van der Waals surface area contributed by atoms with E-state index in [2.05, 4.69) is 9.97 Å². The molecule has 1 aromatic carbocycles. The molecule has 0 saturated carbocycles. The number of methoxy groups -OCH3 is 3. The van der Waals surface area contributed by atoms with Crippen LogP contribution in [0.25, 0.3) is 11.4 Å². The zero-order chi connectivity index (χ0) is 17.7. The van der Waals surface area contributed by atoms with E-state index in [-0.39, 0.29) is 12.2 Å². The van der Waals surface area contributed by atoms with Gasteiger partial charge in [-0.15, -0.1) is 0 Å². The van der Waals surface area contributed by atoms with Gasteiger partial charge in [0.1, 0.15) is 22.8 Å². The van der Waals surface area contributed by atoms with Crippen LogP contribution in [-0.2, 0) is 16.4 Å². The summed E-state index contributed by atoms with van der Waals surface area (Å²) in [6.45, 7) is 0. The Kier molecular flexibility index (Phi) is 5.58. The molecule has 0 aliphatic rings. The van der Waals surface area contributed by atoms with Gasteiger partial charge in [0.15, 0.2) is 5.82 Å². The van der Waals surface area contributed by atoms with Crippen LogP contribution in [0.4, 0.5) is 0 Å². The minimum Gasteiger partial charge on any atom is -0.496 e. The van der Waals surface area contributed by atoms with Crippen LogP contribution in [-0.4, -0.2) is 45.5 Å². The van der Waals surface area contributed by atoms with Crippen molar-refractivity contribution in [1.82, 2.24) is 9.97 Å². The van der Waals surface area contributed by atoms with Crippen LogP contribution in [0.15, 0.2) is 24.5 Å². The Bertz CT molecular complexity index is 781. The maximum atomic E-state index is 11.0.